The van der Waals surface area contributed by atoms with Crippen molar-refractivity contribution in [3.05, 3.63) is 32.8 Å². The third kappa shape index (κ3) is 2.94. The van der Waals surface area contributed by atoms with Gasteiger partial charge in [0, 0.05) is 10.6 Å². The molecule has 0 unspecified atom stereocenters. The standard InChI is InChI=1S/C11H6BrClN2O3S/c12-7-3-5(13)1-4(8(7)16)2-6-9(17)14-11(19)15-10(6)18/h1-3,16H,(H2,14,15,17,18,19). The second-order valence-electron chi connectivity index (χ2n) is 3.62. The predicted octanol–water partition coefficient (Wildman–Crippen LogP) is 1.72. The first-order chi connectivity index (χ1) is 8.88. The zero-order valence-corrected chi connectivity index (χ0v) is 12.3. The molecule has 19 heavy (non-hydrogen) atoms. The van der Waals surface area contributed by atoms with E-state index in [0.717, 1.165) is 0 Å². The molecule has 0 radical (unpaired) electrons. The molecule has 0 aliphatic carbocycles. The summed E-state index contributed by atoms with van der Waals surface area (Å²) < 4.78 is 0.360. The molecule has 0 aromatic heterocycles. The van der Waals surface area contributed by atoms with Crippen LogP contribution >= 0.6 is 39.7 Å². The minimum atomic E-state index is -0.635. The Morgan fingerprint density at radius 1 is 1.26 bits per heavy atom. The molecule has 1 aromatic carbocycles. The number of hydrogen-bond acceptors (Lipinski definition) is 4. The number of nitrogens with one attached hydrogen (secondary N) is 2. The zero-order valence-electron chi connectivity index (χ0n) is 9.16. The first kappa shape index (κ1) is 14.0. The summed E-state index contributed by atoms with van der Waals surface area (Å²) in [5, 5.41) is 14.7. The maximum Gasteiger partial charge on any atom is 0.263 e. The normalized spacial score (nSPS) is 15.1. The summed E-state index contributed by atoms with van der Waals surface area (Å²) in [6.45, 7) is 0. The first-order valence-corrected chi connectivity index (χ1v) is 6.53. The summed E-state index contributed by atoms with van der Waals surface area (Å²) >= 11 is 13.6. The largest absolute Gasteiger partial charge is 0.506 e. The zero-order chi connectivity index (χ0) is 14.2. The van der Waals surface area contributed by atoms with Crippen LogP contribution in [0.15, 0.2) is 22.2 Å². The fourth-order valence-electron chi connectivity index (χ4n) is 1.46. The van der Waals surface area contributed by atoms with Gasteiger partial charge in [-0.05, 0) is 46.4 Å². The number of hydrogen-bond donors (Lipinski definition) is 3. The summed E-state index contributed by atoms with van der Waals surface area (Å²) in [6, 6.07) is 2.93. The summed E-state index contributed by atoms with van der Waals surface area (Å²) in [5.41, 5.74) is 0.0746. The number of carbonyl (C=O) groups is 2. The number of amides is 2. The van der Waals surface area contributed by atoms with Gasteiger partial charge < -0.3 is 5.11 Å². The molecule has 5 nitrogen and oxygen atoms in total. The van der Waals surface area contributed by atoms with Crippen LogP contribution in [0.4, 0.5) is 0 Å². The van der Waals surface area contributed by atoms with Crippen LogP contribution in [0.1, 0.15) is 5.56 Å². The van der Waals surface area contributed by atoms with Gasteiger partial charge in [0.15, 0.2) is 5.11 Å². The lowest BCUT2D eigenvalue weighted by atomic mass is 10.1. The molecule has 2 amide bonds. The van der Waals surface area contributed by atoms with Gasteiger partial charge in [0.1, 0.15) is 11.3 Å². The second kappa shape index (κ2) is 5.28. The van der Waals surface area contributed by atoms with E-state index in [2.05, 4.69) is 38.8 Å². The quantitative estimate of drug-likeness (QED) is 0.404. The van der Waals surface area contributed by atoms with Crippen LogP contribution in [0.5, 0.6) is 5.75 Å². The van der Waals surface area contributed by atoms with Crippen molar-refractivity contribution in [1.82, 2.24) is 10.6 Å². The Kier molecular flexibility index (Phi) is 3.88. The Morgan fingerprint density at radius 3 is 2.42 bits per heavy atom. The van der Waals surface area contributed by atoms with Gasteiger partial charge in [-0.3, -0.25) is 20.2 Å². The Morgan fingerprint density at radius 2 is 1.84 bits per heavy atom. The topological polar surface area (TPSA) is 78.4 Å². The Bertz CT molecular complexity index is 623. The Hall–Kier alpha value is -1.44. The number of thiocarbonyl (C=S) groups is 1. The summed E-state index contributed by atoms with van der Waals surface area (Å²) in [4.78, 5) is 23.3. The maximum absolute atomic E-state index is 11.6. The number of halogens is 2. The summed E-state index contributed by atoms with van der Waals surface area (Å²) in [7, 11) is 0. The molecule has 1 saturated heterocycles. The third-order valence-electron chi connectivity index (χ3n) is 2.30. The van der Waals surface area contributed by atoms with Gasteiger partial charge >= 0.3 is 0 Å². The van der Waals surface area contributed by atoms with Crippen LogP contribution in [0, 0.1) is 0 Å². The van der Waals surface area contributed by atoms with Gasteiger partial charge in [-0.2, -0.15) is 0 Å². The monoisotopic (exact) mass is 360 g/mol. The molecule has 98 valence electrons. The van der Waals surface area contributed by atoms with Crippen molar-refractivity contribution < 1.29 is 14.7 Å². The average molecular weight is 362 g/mol. The van der Waals surface area contributed by atoms with Gasteiger partial charge in [0.2, 0.25) is 0 Å². The molecular formula is C11H6BrClN2O3S. The summed E-state index contributed by atoms with van der Waals surface area (Å²) in [6.07, 6.45) is 1.23. The highest BCUT2D eigenvalue weighted by atomic mass is 79.9. The van der Waals surface area contributed by atoms with E-state index in [1.165, 1.54) is 18.2 Å². The van der Waals surface area contributed by atoms with Gasteiger partial charge in [-0.1, -0.05) is 11.6 Å². The molecular weight excluding hydrogens is 356 g/mol. The minimum Gasteiger partial charge on any atom is -0.506 e. The predicted molar refractivity (Wildman–Crippen MR) is 77.7 cm³/mol. The van der Waals surface area contributed by atoms with E-state index < -0.39 is 11.8 Å². The van der Waals surface area contributed by atoms with E-state index in [4.69, 9.17) is 11.6 Å². The third-order valence-corrected chi connectivity index (χ3v) is 3.33. The van der Waals surface area contributed by atoms with Crippen LogP contribution in [0.25, 0.3) is 6.08 Å². The van der Waals surface area contributed by atoms with Crippen LogP contribution < -0.4 is 10.6 Å². The van der Waals surface area contributed by atoms with Gasteiger partial charge in [-0.15, -0.1) is 0 Å². The molecule has 0 saturated carbocycles. The first-order valence-electron chi connectivity index (χ1n) is 4.95. The van der Waals surface area contributed by atoms with Crippen molar-refractivity contribution in [1.29, 1.82) is 0 Å². The highest BCUT2D eigenvalue weighted by Crippen LogP contribution is 2.33. The van der Waals surface area contributed by atoms with Gasteiger partial charge in [-0.25, -0.2) is 0 Å². The number of carbonyl (C=O) groups excluding carboxylic acids is 2. The number of benzene rings is 1. The van der Waals surface area contributed by atoms with Gasteiger partial charge in [0.05, 0.1) is 4.47 Å². The Labute approximate surface area is 126 Å². The van der Waals surface area contributed by atoms with Crippen LogP contribution in [0.3, 0.4) is 0 Å². The molecule has 0 spiro atoms. The molecule has 1 aliphatic rings. The van der Waals surface area contributed by atoms with Crippen molar-refractivity contribution in [3.8, 4) is 5.75 Å². The van der Waals surface area contributed by atoms with Crippen LogP contribution in [-0.2, 0) is 9.59 Å². The van der Waals surface area contributed by atoms with Crippen LogP contribution in [0.2, 0.25) is 5.02 Å². The lowest BCUT2D eigenvalue weighted by molar-refractivity contribution is -0.123. The second-order valence-corrected chi connectivity index (χ2v) is 5.32. The maximum atomic E-state index is 11.6. The van der Waals surface area contributed by atoms with E-state index in [-0.39, 0.29) is 22.0 Å². The number of phenolic OH excluding ortho intramolecular Hbond substituents is 1. The van der Waals surface area contributed by atoms with Crippen molar-refractivity contribution in [2.24, 2.45) is 0 Å². The molecule has 0 atom stereocenters. The van der Waals surface area contributed by atoms with E-state index in [1.54, 1.807) is 0 Å². The SMILES string of the molecule is O=C1NC(=S)NC(=O)C1=Cc1cc(Cl)cc(Br)c1O. The highest BCUT2D eigenvalue weighted by molar-refractivity contribution is 9.10. The van der Waals surface area contributed by atoms with E-state index in [9.17, 15) is 14.7 Å². The number of rotatable bonds is 1. The molecule has 1 fully saturated rings. The fourth-order valence-corrected chi connectivity index (χ4v) is 2.48. The Balaban J connectivity index is 2.49. The van der Waals surface area contributed by atoms with Crippen LogP contribution in [-0.4, -0.2) is 22.0 Å². The minimum absolute atomic E-state index is 0.0522. The summed E-state index contributed by atoms with van der Waals surface area (Å²) in [5.74, 6) is -1.39. The van der Waals surface area contributed by atoms with Crippen molar-refractivity contribution in [2.45, 2.75) is 0 Å². The fraction of sp³-hybridized carbons (Fsp3) is 0. The molecule has 1 aliphatic heterocycles. The number of aromatic hydroxyl groups is 1. The van der Waals surface area contributed by atoms with E-state index >= 15 is 0 Å². The number of phenols is 1. The van der Waals surface area contributed by atoms with E-state index in [1.807, 2.05) is 0 Å². The molecule has 2 rings (SSSR count). The van der Waals surface area contributed by atoms with Crippen molar-refractivity contribution >= 4 is 62.8 Å². The van der Waals surface area contributed by atoms with Crippen molar-refractivity contribution in [3.63, 3.8) is 0 Å². The van der Waals surface area contributed by atoms with Crippen molar-refractivity contribution in [2.75, 3.05) is 0 Å². The molecule has 1 aromatic rings. The molecule has 1 heterocycles. The molecule has 8 heteroatoms. The highest BCUT2D eigenvalue weighted by Gasteiger charge is 2.26. The van der Waals surface area contributed by atoms with E-state index in [0.29, 0.717) is 9.50 Å². The average Bonchev–Trinajstić information content (AvgIpc) is 2.29. The lowest BCUT2D eigenvalue weighted by Gasteiger charge is -2.16. The molecule has 0 bridgehead atoms. The lowest BCUT2D eigenvalue weighted by Crippen LogP contribution is -2.51. The smallest absolute Gasteiger partial charge is 0.263 e. The molecule has 3 N–H and O–H groups in total. The van der Waals surface area contributed by atoms with Gasteiger partial charge in [0.25, 0.3) is 11.8 Å².